The summed E-state index contributed by atoms with van der Waals surface area (Å²) >= 11 is 0. The summed E-state index contributed by atoms with van der Waals surface area (Å²) in [6, 6.07) is 6.54. The van der Waals surface area contributed by atoms with Crippen molar-refractivity contribution in [3.8, 4) is 5.75 Å². The van der Waals surface area contributed by atoms with E-state index in [4.69, 9.17) is 0 Å². The lowest BCUT2D eigenvalue weighted by Crippen LogP contribution is -2.38. The molecule has 5 nitrogen and oxygen atoms in total. The van der Waals surface area contributed by atoms with Gasteiger partial charge in [-0.25, -0.2) is 0 Å². The molecular formula is C17H16N2O3. The van der Waals surface area contributed by atoms with E-state index in [9.17, 15) is 14.7 Å². The van der Waals surface area contributed by atoms with Gasteiger partial charge in [0, 0.05) is 0 Å². The van der Waals surface area contributed by atoms with Crippen molar-refractivity contribution in [3.05, 3.63) is 42.0 Å². The standard InChI is InChI=1S/C17H16N2O3/c20-13-3-1-2-10(8-13)9-18-19-16(21)14-11-4-5-12(7-6-11)15(14)17(19)22/h1-5,8-9,11-12,14-15,20H,6-7H2/b18-9+. The number of rotatable bonds is 2. The van der Waals surface area contributed by atoms with Gasteiger partial charge in [0.05, 0.1) is 18.1 Å². The smallest absolute Gasteiger partial charge is 0.254 e. The van der Waals surface area contributed by atoms with Gasteiger partial charge in [-0.1, -0.05) is 24.3 Å². The number of carbonyl (C=O) groups excluding carboxylic acids is 2. The number of allylic oxidation sites excluding steroid dienone is 2. The highest BCUT2D eigenvalue weighted by atomic mass is 16.3. The largest absolute Gasteiger partial charge is 0.508 e. The number of amides is 2. The molecule has 1 saturated heterocycles. The van der Waals surface area contributed by atoms with Gasteiger partial charge in [-0.3, -0.25) is 9.59 Å². The Balaban J connectivity index is 1.61. The molecule has 5 heteroatoms. The van der Waals surface area contributed by atoms with Gasteiger partial charge in [0.2, 0.25) is 0 Å². The second-order valence-corrected chi connectivity index (χ2v) is 6.17. The van der Waals surface area contributed by atoms with Crippen LogP contribution in [0.2, 0.25) is 0 Å². The fraction of sp³-hybridized carbons (Fsp3) is 0.353. The number of benzene rings is 1. The second-order valence-electron chi connectivity index (χ2n) is 6.17. The van der Waals surface area contributed by atoms with Crippen LogP contribution in [0.3, 0.4) is 0 Å². The number of imide groups is 1. The van der Waals surface area contributed by atoms with E-state index in [-0.39, 0.29) is 41.2 Å². The van der Waals surface area contributed by atoms with Crippen molar-refractivity contribution < 1.29 is 14.7 Å². The Bertz CT molecular complexity index is 678. The van der Waals surface area contributed by atoms with Crippen LogP contribution in [-0.2, 0) is 9.59 Å². The van der Waals surface area contributed by atoms with Crippen LogP contribution in [0.15, 0.2) is 41.5 Å². The molecule has 1 saturated carbocycles. The Labute approximate surface area is 127 Å². The van der Waals surface area contributed by atoms with Crippen LogP contribution in [0.5, 0.6) is 5.75 Å². The number of fused-ring (bicyclic) bond motifs is 1. The Morgan fingerprint density at radius 2 is 1.73 bits per heavy atom. The molecule has 4 aliphatic rings. The molecule has 5 rings (SSSR count). The van der Waals surface area contributed by atoms with E-state index >= 15 is 0 Å². The lowest BCUT2D eigenvalue weighted by molar-refractivity contribution is -0.140. The zero-order chi connectivity index (χ0) is 15.3. The molecule has 2 fully saturated rings. The molecule has 3 aliphatic carbocycles. The van der Waals surface area contributed by atoms with Crippen molar-refractivity contribution in [2.24, 2.45) is 28.8 Å². The van der Waals surface area contributed by atoms with E-state index in [2.05, 4.69) is 17.3 Å². The van der Waals surface area contributed by atoms with Crippen LogP contribution < -0.4 is 0 Å². The highest BCUT2D eigenvalue weighted by molar-refractivity contribution is 6.06. The SMILES string of the molecule is O=C1C2C3C=CC(CC3)C2C(=O)N1/N=C/c1cccc(O)c1. The maximum Gasteiger partial charge on any atom is 0.254 e. The molecule has 0 radical (unpaired) electrons. The van der Waals surface area contributed by atoms with Gasteiger partial charge in [-0.15, -0.1) is 0 Å². The maximum absolute atomic E-state index is 12.5. The quantitative estimate of drug-likeness (QED) is 0.515. The average molecular weight is 296 g/mol. The highest BCUT2D eigenvalue weighted by Crippen LogP contribution is 2.49. The van der Waals surface area contributed by atoms with Crippen LogP contribution in [0.4, 0.5) is 0 Å². The number of aromatic hydroxyl groups is 1. The molecule has 1 N–H and O–H groups in total. The summed E-state index contributed by atoms with van der Waals surface area (Å²) in [4.78, 5) is 25.1. The molecule has 112 valence electrons. The molecule has 2 amide bonds. The van der Waals surface area contributed by atoms with E-state index in [1.54, 1.807) is 18.2 Å². The Kier molecular flexibility index (Phi) is 2.89. The Hall–Kier alpha value is -2.43. The van der Waals surface area contributed by atoms with Crippen molar-refractivity contribution in [3.63, 3.8) is 0 Å². The first kappa shape index (κ1) is 13.2. The molecule has 2 bridgehead atoms. The lowest BCUT2D eigenvalue weighted by atomic mass is 9.63. The van der Waals surface area contributed by atoms with Gasteiger partial charge in [0.25, 0.3) is 11.8 Å². The number of hydrazone groups is 1. The minimum atomic E-state index is -0.238. The van der Waals surface area contributed by atoms with Gasteiger partial charge in [0.15, 0.2) is 0 Å². The predicted molar refractivity (Wildman–Crippen MR) is 79.9 cm³/mol. The summed E-state index contributed by atoms with van der Waals surface area (Å²) in [6.07, 6.45) is 7.57. The molecule has 4 unspecified atom stereocenters. The van der Waals surface area contributed by atoms with Crippen LogP contribution in [0.25, 0.3) is 0 Å². The second kappa shape index (κ2) is 4.80. The Morgan fingerprint density at radius 3 is 2.27 bits per heavy atom. The fourth-order valence-electron chi connectivity index (χ4n) is 3.90. The van der Waals surface area contributed by atoms with Crippen LogP contribution in [0, 0.1) is 23.7 Å². The summed E-state index contributed by atoms with van der Waals surface area (Å²) in [5.74, 6) is -0.384. The van der Waals surface area contributed by atoms with Gasteiger partial charge in [-0.2, -0.15) is 10.1 Å². The Morgan fingerprint density at radius 1 is 1.09 bits per heavy atom. The zero-order valence-corrected chi connectivity index (χ0v) is 11.9. The number of phenols is 1. The number of phenolic OH excluding ortho intramolecular Hbond substituents is 1. The van der Waals surface area contributed by atoms with Gasteiger partial charge < -0.3 is 5.11 Å². The van der Waals surface area contributed by atoms with Crippen LogP contribution >= 0.6 is 0 Å². The molecule has 1 heterocycles. The molecule has 1 aromatic rings. The first-order valence-corrected chi connectivity index (χ1v) is 7.54. The average Bonchev–Trinajstić information content (AvgIpc) is 2.80. The van der Waals surface area contributed by atoms with Gasteiger partial charge in [-0.05, 0) is 42.4 Å². The molecule has 0 aromatic heterocycles. The summed E-state index contributed by atoms with van der Waals surface area (Å²) in [5, 5.41) is 14.6. The minimum absolute atomic E-state index is 0.124. The normalized spacial score (nSPS) is 33.0. The highest BCUT2D eigenvalue weighted by Gasteiger charge is 2.56. The van der Waals surface area contributed by atoms with Crippen molar-refractivity contribution in [2.45, 2.75) is 12.8 Å². The van der Waals surface area contributed by atoms with E-state index in [0.717, 1.165) is 17.9 Å². The van der Waals surface area contributed by atoms with E-state index in [1.807, 2.05) is 0 Å². The first-order valence-electron chi connectivity index (χ1n) is 7.54. The summed E-state index contributed by atoms with van der Waals surface area (Å²) in [5.41, 5.74) is 0.650. The van der Waals surface area contributed by atoms with Crippen molar-refractivity contribution in [1.29, 1.82) is 0 Å². The number of hydrogen-bond donors (Lipinski definition) is 1. The third kappa shape index (κ3) is 1.89. The fourth-order valence-corrected chi connectivity index (χ4v) is 3.90. The van der Waals surface area contributed by atoms with Crippen LogP contribution in [-0.4, -0.2) is 28.1 Å². The lowest BCUT2D eigenvalue weighted by Gasteiger charge is -2.37. The molecule has 0 spiro atoms. The molecule has 4 atom stereocenters. The first-order chi connectivity index (χ1) is 10.6. The van der Waals surface area contributed by atoms with E-state index < -0.39 is 0 Å². The van der Waals surface area contributed by atoms with Gasteiger partial charge in [0.1, 0.15) is 5.75 Å². The topological polar surface area (TPSA) is 70.0 Å². The monoisotopic (exact) mass is 296 g/mol. The summed E-state index contributed by atoms with van der Waals surface area (Å²) in [7, 11) is 0. The van der Waals surface area contributed by atoms with E-state index in [0.29, 0.717) is 5.56 Å². The molecule has 1 aliphatic heterocycles. The number of nitrogens with zero attached hydrogens (tertiary/aromatic N) is 2. The molecule has 1 aromatic carbocycles. The van der Waals surface area contributed by atoms with Crippen molar-refractivity contribution in [1.82, 2.24) is 5.01 Å². The predicted octanol–water partition coefficient (Wildman–Crippen LogP) is 1.92. The number of carbonyl (C=O) groups is 2. The maximum atomic E-state index is 12.5. The zero-order valence-electron chi connectivity index (χ0n) is 11.9. The summed E-state index contributed by atoms with van der Waals surface area (Å²) in [6.45, 7) is 0. The van der Waals surface area contributed by atoms with Crippen molar-refractivity contribution >= 4 is 18.0 Å². The molecule has 22 heavy (non-hydrogen) atoms. The van der Waals surface area contributed by atoms with Crippen LogP contribution in [0.1, 0.15) is 18.4 Å². The van der Waals surface area contributed by atoms with Gasteiger partial charge >= 0.3 is 0 Å². The van der Waals surface area contributed by atoms with Crippen molar-refractivity contribution in [2.75, 3.05) is 0 Å². The summed E-state index contributed by atoms with van der Waals surface area (Å²) < 4.78 is 0. The third-order valence-electron chi connectivity index (χ3n) is 4.93. The number of hydrogen-bond acceptors (Lipinski definition) is 4. The molecular weight excluding hydrogens is 280 g/mol. The van der Waals surface area contributed by atoms with E-state index in [1.165, 1.54) is 12.3 Å². The third-order valence-corrected chi connectivity index (χ3v) is 4.93. The minimum Gasteiger partial charge on any atom is -0.508 e.